The van der Waals surface area contributed by atoms with E-state index < -0.39 is 6.04 Å². The van der Waals surface area contributed by atoms with Gasteiger partial charge in [0.15, 0.2) is 0 Å². The number of ether oxygens (including phenoxy) is 2. The highest BCUT2D eigenvalue weighted by Gasteiger charge is 2.25. The van der Waals surface area contributed by atoms with E-state index in [1.165, 1.54) is 0 Å². The number of carbonyl (C=O) groups is 2. The van der Waals surface area contributed by atoms with Crippen LogP contribution in [0, 0.1) is 0 Å². The van der Waals surface area contributed by atoms with Crippen molar-refractivity contribution >= 4 is 11.8 Å². The van der Waals surface area contributed by atoms with Gasteiger partial charge in [-0.05, 0) is 30.7 Å². The summed E-state index contributed by atoms with van der Waals surface area (Å²) in [5, 5.41) is 2.90. The summed E-state index contributed by atoms with van der Waals surface area (Å²) in [6, 6.07) is 14.4. The van der Waals surface area contributed by atoms with Crippen molar-refractivity contribution in [3.05, 3.63) is 59.7 Å². The van der Waals surface area contributed by atoms with Gasteiger partial charge in [-0.3, -0.25) is 9.59 Å². The molecule has 1 unspecified atom stereocenters. The largest absolute Gasteiger partial charge is 0.497 e. The molecule has 28 heavy (non-hydrogen) atoms. The van der Waals surface area contributed by atoms with Crippen LogP contribution in [0.4, 0.5) is 0 Å². The van der Waals surface area contributed by atoms with Gasteiger partial charge in [-0.1, -0.05) is 37.3 Å². The molecule has 2 rings (SSSR count). The van der Waals surface area contributed by atoms with Gasteiger partial charge in [-0.15, -0.1) is 0 Å². The van der Waals surface area contributed by atoms with Crippen LogP contribution in [-0.4, -0.2) is 37.0 Å². The highest BCUT2D eigenvalue weighted by Crippen LogP contribution is 2.18. The van der Waals surface area contributed by atoms with E-state index in [4.69, 9.17) is 9.47 Å². The third-order valence-electron chi connectivity index (χ3n) is 4.63. The normalized spacial score (nSPS) is 11.4. The maximum Gasteiger partial charge on any atom is 0.242 e. The first-order valence-electron chi connectivity index (χ1n) is 9.32. The molecule has 0 heterocycles. The van der Waals surface area contributed by atoms with Crippen LogP contribution < -0.4 is 14.8 Å². The lowest BCUT2D eigenvalue weighted by Crippen LogP contribution is -2.47. The quantitative estimate of drug-likeness (QED) is 0.721. The molecule has 0 aliphatic carbocycles. The fourth-order valence-corrected chi connectivity index (χ4v) is 2.89. The molecule has 0 aromatic heterocycles. The van der Waals surface area contributed by atoms with Crippen molar-refractivity contribution in [2.45, 2.75) is 39.4 Å². The smallest absolute Gasteiger partial charge is 0.242 e. The second-order valence-corrected chi connectivity index (χ2v) is 6.43. The molecule has 150 valence electrons. The lowest BCUT2D eigenvalue weighted by molar-refractivity contribution is -0.140. The van der Waals surface area contributed by atoms with E-state index in [9.17, 15) is 9.59 Å². The number of nitrogens with zero attached hydrogens (tertiary/aromatic N) is 1. The molecule has 2 aromatic carbocycles. The zero-order valence-electron chi connectivity index (χ0n) is 16.9. The standard InChI is InChI=1S/C22H28N2O4/c1-5-21(25)24(15-17-10-12-19(27-3)13-11-17)16(2)22(26)23-14-18-8-6-7-9-20(18)28-4/h6-13,16H,5,14-15H2,1-4H3,(H,23,26). The molecule has 1 N–H and O–H groups in total. The Morgan fingerprint density at radius 3 is 2.32 bits per heavy atom. The fraction of sp³-hybridized carbons (Fsp3) is 0.364. The van der Waals surface area contributed by atoms with Gasteiger partial charge in [0.2, 0.25) is 11.8 Å². The third-order valence-corrected chi connectivity index (χ3v) is 4.63. The van der Waals surface area contributed by atoms with Crippen LogP contribution in [0.15, 0.2) is 48.5 Å². The van der Waals surface area contributed by atoms with Crippen molar-refractivity contribution in [1.82, 2.24) is 10.2 Å². The number of benzene rings is 2. The zero-order valence-corrected chi connectivity index (χ0v) is 16.9. The Labute approximate surface area is 166 Å². The van der Waals surface area contributed by atoms with Gasteiger partial charge in [-0.2, -0.15) is 0 Å². The molecule has 0 saturated heterocycles. The van der Waals surface area contributed by atoms with E-state index >= 15 is 0 Å². The molecule has 6 nitrogen and oxygen atoms in total. The van der Waals surface area contributed by atoms with E-state index in [1.54, 1.807) is 33.0 Å². The first-order valence-corrected chi connectivity index (χ1v) is 9.32. The van der Waals surface area contributed by atoms with Crippen LogP contribution in [0.3, 0.4) is 0 Å². The summed E-state index contributed by atoms with van der Waals surface area (Å²) >= 11 is 0. The van der Waals surface area contributed by atoms with E-state index in [0.717, 1.165) is 22.6 Å². The molecule has 6 heteroatoms. The summed E-state index contributed by atoms with van der Waals surface area (Å²) in [6.45, 7) is 4.24. The molecule has 2 amide bonds. The third kappa shape index (κ3) is 5.49. The highest BCUT2D eigenvalue weighted by atomic mass is 16.5. The molecule has 1 atom stereocenters. The van der Waals surface area contributed by atoms with Gasteiger partial charge >= 0.3 is 0 Å². The van der Waals surface area contributed by atoms with Crippen molar-refractivity contribution in [2.24, 2.45) is 0 Å². The molecule has 0 fully saturated rings. The maximum atomic E-state index is 12.7. The molecule has 0 spiro atoms. The average Bonchev–Trinajstić information content (AvgIpc) is 2.75. The molecular formula is C22H28N2O4. The van der Waals surface area contributed by atoms with Gasteiger partial charge in [-0.25, -0.2) is 0 Å². The predicted octanol–water partition coefficient (Wildman–Crippen LogP) is 3.15. The minimum Gasteiger partial charge on any atom is -0.497 e. The molecule has 0 aliphatic rings. The Hall–Kier alpha value is -3.02. The monoisotopic (exact) mass is 384 g/mol. The Kier molecular flexibility index (Phi) is 7.87. The lowest BCUT2D eigenvalue weighted by atomic mass is 10.1. The number of hydrogen-bond acceptors (Lipinski definition) is 4. The van der Waals surface area contributed by atoms with Crippen LogP contribution in [0.2, 0.25) is 0 Å². The number of nitrogens with one attached hydrogen (secondary N) is 1. The summed E-state index contributed by atoms with van der Waals surface area (Å²) in [5.74, 6) is 1.19. The van der Waals surface area contributed by atoms with Crippen molar-refractivity contribution in [3.8, 4) is 11.5 Å². The van der Waals surface area contributed by atoms with Gasteiger partial charge in [0.1, 0.15) is 17.5 Å². The van der Waals surface area contributed by atoms with Gasteiger partial charge in [0, 0.05) is 25.1 Å². The molecular weight excluding hydrogens is 356 g/mol. The molecule has 0 bridgehead atoms. The molecule has 0 aliphatic heterocycles. The highest BCUT2D eigenvalue weighted by molar-refractivity contribution is 5.87. The fourth-order valence-electron chi connectivity index (χ4n) is 2.89. The summed E-state index contributed by atoms with van der Waals surface area (Å²) in [5.41, 5.74) is 1.82. The lowest BCUT2D eigenvalue weighted by Gasteiger charge is -2.28. The van der Waals surface area contributed by atoms with E-state index in [1.807, 2.05) is 48.5 Å². The van der Waals surface area contributed by atoms with Gasteiger partial charge < -0.3 is 19.7 Å². The maximum absolute atomic E-state index is 12.7. The van der Waals surface area contributed by atoms with Crippen LogP contribution >= 0.6 is 0 Å². The minimum absolute atomic E-state index is 0.0734. The van der Waals surface area contributed by atoms with Crippen LogP contribution in [0.25, 0.3) is 0 Å². The minimum atomic E-state index is -0.593. The van der Waals surface area contributed by atoms with Crippen molar-refractivity contribution in [2.75, 3.05) is 14.2 Å². The van der Waals surface area contributed by atoms with Crippen LogP contribution in [0.1, 0.15) is 31.4 Å². The second-order valence-electron chi connectivity index (χ2n) is 6.43. The molecule has 2 aromatic rings. The SMILES string of the molecule is CCC(=O)N(Cc1ccc(OC)cc1)C(C)C(=O)NCc1ccccc1OC. The first-order chi connectivity index (χ1) is 13.5. The summed E-state index contributed by atoms with van der Waals surface area (Å²) in [6.07, 6.45) is 0.334. The number of methoxy groups -OCH3 is 2. The topological polar surface area (TPSA) is 67.9 Å². The first kappa shape index (κ1) is 21.3. The van der Waals surface area contributed by atoms with Crippen molar-refractivity contribution in [1.29, 1.82) is 0 Å². The number of carbonyl (C=O) groups excluding carboxylic acids is 2. The number of hydrogen-bond donors (Lipinski definition) is 1. The predicted molar refractivity (Wildman–Crippen MR) is 108 cm³/mol. The van der Waals surface area contributed by atoms with Crippen molar-refractivity contribution in [3.63, 3.8) is 0 Å². The molecule has 0 radical (unpaired) electrons. The van der Waals surface area contributed by atoms with Gasteiger partial charge in [0.25, 0.3) is 0 Å². The Morgan fingerprint density at radius 1 is 1.04 bits per heavy atom. The van der Waals surface area contributed by atoms with Crippen LogP contribution in [0.5, 0.6) is 11.5 Å². The van der Waals surface area contributed by atoms with Crippen molar-refractivity contribution < 1.29 is 19.1 Å². The summed E-state index contributed by atoms with van der Waals surface area (Å²) < 4.78 is 10.5. The van der Waals surface area contributed by atoms with Gasteiger partial charge in [0.05, 0.1) is 14.2 Å². The summed E-state index contributed by atoms with van der Waals surface area (Å²) in [7, 11) is 3.20. The van der Waals surface area contributed by atoms with E-state index in [2.05, 4.69) is 5.32 Å². The average molecular weight is 384 g/mol. The summed E-state index contributed by atoms with van der Waals surface area (Å²) in [4.78, 5) is 26.8. The number of amides is 2. The molecule has 0 saturated carbocycles. The Balaban J connectivity index is 2.07. The Bertz CT molecular complexity index is 789. The number of para-hydroxylation sites is 1. The van der Waals surface area contributed by atoms with E-state index in [-0.39, 0.29) is 11.8 Å². The van der Waals surface area contributed by atoms with Crippen LogP contribution in [-0.2, 0) is 22.7 Å². The second kappa shape index (κ2) is 10.3. The number of rotatable bonds is 9. The Morgan fingerprint density at radius 2 is 1.71 bits per heavy atom. The van der Waals surface area contributed by atoms with E-state index in [0.29, 0.717) is 19.5 Å². The zero-order chi connectivity index (χ0) is 20.5.